The molecule has 1 aliphatic rings. The number of rotatable bonds is 7. The molecular formula is C14H19BrN2O3S. The number of halogens is 1. The predicted octanol–water partition coefficient (Wildman–Crippen LogP) is 1.22. The van der Waals surface area contributed by atoms with Crippen molar-refractivity contribution in [1.29, 1.82) is 0 Å². The van der Waals surface area contributed by atoms with Gasteiger partial charge in [-0.05, 0) is 36.5 Å². The minimum atomic E-state index is -3.48. The van der Waals surface area contributed by atoms with Crippen molar-refractivity contribution in [2.24, 2.45) is 11.7 Å². The SMILES string of the molecule is NC(CNC(=O)CS(=O)(=O)Cc1cccc(Br)c1)C1CC1. The second kappa shape index (κ2) is 6.89. The smallest absolute Gasteiger partial charge is 0.235 e. The number of carbonyl (C=O) groups excluding carboxylic acids is 1. The average molecular weight is 375 g/mol. The third-order valence-electron chi connectivity index (χ3n) is 3.39. The van der Waals surface area contributed by atoms with Crippen molar-refractivity contribution < 1.29 is 13.2 Å². The summed E-state index contributed by atoms with van der Waals surface area (Å²) in [7, 11) is -3.48. The third kappa shape index (κ3) is 5.76. The van der Waals surface area contributed by atoms with Gasteiger partial charge in [0.15, 0.2) is 9.84 Å². The lowest BCUT2D eigenvalue weighted by Gasteiger charge is -2.11. The van der Waals surface area contributed by atoms with Gasteiger partial charge in [-0.1, -0.05) is 28.1 Å². The minimum Gasteiger partial charge on any atom is -0.354 e. The van der Waals surface area contributed by atoms with Crippen LogP contribution in [0.3, 0.4) is 0 Å². The fourth-order valence-electron chi connectivity index (χ4n) is 2.11. The summed E-state index contributed by atoms with van der Waals surface area (Å²) < 4.78 is 24.8. The molecule has 0 aliphatic heterocycles. The van der Waals surface area contributed by atoms with E-state index >= 15 is 0 Å². The van der Waals surface area contributed by atoms with Crippen LogP contribution in [0.1, 0.15) is 18.4 Å². The van der Waals surface area contributed by atoms with Gasteiger partial charge in [-0.3, -0.25) is 4.79 Å². The zero-order valence-electron chi connectivity index (χ0n) is 11.6. The van der Waals surface area contributed by atoms with Gasteiger partial charge in [-0.2, -0.15) is 0 Å². The van der Waals surface area contributed by atoms with Gasteiger partial charge in [-0.25, -0.2) is 8.42 Å². The van der Waals surface area contributed by atoms with Gasteiger partial charge in [0.25, 0.3) is 0 Å². The normalized spacial score (nSPS) is 16.5. The monoisotopic (exact) mass is 374 g/mol. The van der Waals surface area contributed by atoms with Gasteiger partial charge in [0, 0.05) is 17.1 Å². The van der Waals surface area contributed by atoms with Crippen LogP contribution in [0.25, 0.3) is 0 Å². The molecule has 1 aliphatic carbocycles. The number of benzene rings is 1. The summed E-state index contributed by atoms with van der Waals surface area (Å²) in [6.07, 6.45) is 2.19. The lowest BCUT2D eigenvalue weighted by atomic mass is 10.2. The van der Waals surface area contributed by atoms with E-state index in [4.69, 9.17) is 5.73 Å². The zero-order valence-corrected chi connectivity index (χ0v) is 14.0. The van der Waals surface area contributed by atoms with Gasteiger partial charge < -0.3 is 11.1 Å². The van der Waals surface area contributed by atoms with Crippen molar-refractivity contribution in [3.63, 3.8) is 0 Å². The number of amides is 1. The molecule has 0 spiro atoms. The van der Waals surface area contributed by atoms with E-state index in [2.05, 4.69) is 21.2 Å². The molecule has 0 aromatic heterocycles. The molecule has 2 rings (SSSR count). The van der Waals surface area contributed by atoms with Crippen LogP contribution in [0.15, 0.2) is 28.7 Å². The summed E-state index contributed by atoms with van der Waals surface area (Å²) in [5.74, 6) is -0.657. The van der Waals surface area contributed by atoms with E-state index in [-0.39, 0.29) is 11.8 Å². The Labute approximate surface area is 133 Å². The molecule has 1 amide bonds. The molecule has 7 heteroatoms. The van der Waals surface area contributed by atoms with Crippen molar-refractivity contribution >= 4 is 31.7 Å². The molecule has 0 heterocycles. The quantitative estimate of drug-likeness (QED) is 0.750. The molecule has 116 valence electrons. The van der Waals surface area contributed by atoms with Crippen molar-refractivity contribution in [3.05, 3.63) is 34.3 Å². The van der Waals surface area contributed by atoms with Gasteiger partial charge >= 0.3 is 0 Å². The summed E-state index contributed by atoms with van der Waals surface area (Å²) in [6.45, 7) is 0.343. The van der Waals surface area contributed by atoms with E-state index < -0.39 is 21.5 Å². The Morgan fingerprint density at radius 2 is 2.14 bits per heavy atom. The van der Waals surface area contributed by atoms with E-state index in [0.29, 0.717) is 18.0 Å². The maximum Gasteiger partial charge on any atom is 0.235 e. The first-order valence-corrected chi connectivity index (χ1v) is 9.44. The van der Waals surface area contributed by atoms with Crippen molar-refractivity contribution in [2.75, 3.05) is 12.3 Å². The number of nitrogens with two attached hydrogens (primary N) is 1. The first-order chi connectivity index (χ1) is 9.85. The molecule has 21 heavy (non-hydrogen) atoms. The highest BCUT2D eigenvalue weighted by Gasteiger charge is 2.28. The van der Waals surface area contributed by atoms with Crippen molar-refractivity contribution in [1.82, 2.24) is 5.32 Å². The molecule has 1 fully saturated rings. The van der Waals surface area contributed by atoms with Gasteiger partial charge in [0.1, 0.15) is 5.75 Å². The summed E-state index contributed by atoms with van der Waals surface area (Å²) >= 11 is 3.29. The topological polar surface area (TPSA) is 89.3 Å². The lowest BCUT2D eigenvalue weighted by molar-refractivity contribution is -0.118. The standard InChI is InChI=1S/C14H19BrN2O3S/c15-12-3-1-2-10(6-12)8-21(19,20)9-14(18)17-7-13(16)11-4-5-11/h1-3,6,11,13H,4-5,7-9,16H2,(H,17,18). The summed E-state index contributed by atoms with van der Waals surface area (Å²) in [4.78, 5) is 11.7. The molecular weight excluding hydrogens is 356 g/mol. The predicted molar refractivity (Wildman–Crippen MR) is 85.3 cm³/mol. The van der Waals surface area contributed by atoms with Gasteiger partial charge in [-0.15, -0.1) is 0 Å². The van der Waals surface area contributed by atoms with E-state index in [9.17, 15) is 13.2 Å². The van der Waals surface area contributed by atoms with E-state index in [1.54, 1.807) is 18.2 Å². The molecule has 0 radical (unpaired) electrons. The van der Waals surface area contributed by atoms with Crippen LogP contribution < -0.4 is 11.1 Å². The van der Waals surface area contributed by atoms with Crippen LogP contribution in [-0.4, -0.2) is 32.7 Å². The molecule has 3 N–H and O–H groups in total. The molecule has 5 nitrogen and oxygen atoms in total. The Morgan fingerprint density at radius 1 is 1.43 bits per heavy atom. The van der Waals surface area contributed by atoms with Crippen LogP contribution in [0.5, 0.6) is 0 Å². The second-order valence-electron chi connectivity index (χ2n) is 5.47. The average Bonchev–Trinajstić information content (AvgIpc) is 3.18. The van der Waals surface area contributed by atoms with Crippen LogP contribution in [0.4, 0.5) is 0 Å². The van der Waals surface area contributed by atoms with Gasteiger partial charge in [0.05, 0.1) is 5.75 Å². The van der Waals surface area contributed by atoms with E-state index in [1.807, 2.05) is 6.07 Å². The van der Waals surface area contributed by atoms with Crippen LogP contribution >= 0.6 is 15.9 Å². The highest BCUT2D eigenvalue weighted by Crippen LogP contribution is 2.31. The largest absolute Gasteiger partial charge is 0.354 e. The summed E-state index contributed by atoms with van der Waals surface area (Å²) in [5.41, 5.74) is 6.52. The van der Waals surface area contributed by atoms with E-state index in [0.717, 1.165) is 17.3 Å². The number of nitrogens with one attached hydrogen (secondary N) is 1. The summed E-state index contributed by atoms with van der Waals surface area (Å²) in [6, 6.07) is 6.98. The molecule has 1 atom stereocenters. The Bertz CT molecular complexity index is 614. The fourth-order valence-corrected chi connectivity index (χ4v) is 3.84. The molecule has 0 saturated heterocycles. The van der Waals surface area contributed by atoms with Crippen molar-refractivity contribution in [3.8, 4) is 0 Å². The molecule has 1 aromatic rings. The Kier molecular flexibility index (Phi) is 5.40. The number of sulfone groups is 1. The first-order valence-electron chi connectivity index (χ1n) is 6.83. The van der Waals surface area contributed by atoms with Gasteiger partial charge in [0.2, 0.25) is 5.91 Å². The van der Waals surface area contributed by atoms with Crippen molar-refractivity contribution in [2.45, 2.75) is 24.6 Å². The number of carbonyl (C=O) groups is 1. The highest BCUT2D eigenvalue weighted by atomic mass is 79.9. The Balaban J connectivity index is 1.83. The second-order valence-corrected chi connectivity index (χ2v) is 8.45. The maximum absolute atomic E-state index is 12.0. The number of hydrogen-bond donors (Lipinski definition) is 2. The molecule has 1 saturated carbocycles. The first kappa shape index (κ1) is 16.5. The van der Waals surface area contributed by atoms with Crippen LogP contribution in [-0.2, 0) is 20.4 Å². The molecule has 1 unspecified atom stereocenters. The van der Waals surface area contributed by atoms with Crippen LogP contribution in [0.2, 0.25) is 0 Å². The maximum atomic E-state index is 12.0. The Hall–Kier alpha value is -0.920. The zero-order chi connectivity index (χ0) is 15.5. The van der Waals surface area contributed by atoms with E-state index in [1.165, 1.54) is 0 Å². The minimum absolute atomic E-state index is 0.0678. The Morgan fingerprint density at radius 3 is 2.76 bits per heavy atom. The highest BCUT2D eigenvalue weighted by molar-refractivity contribution is 9.10. The third-order valence-corrected chi connectivity index (χ3v) is 5.36. The molecule has 1 aromatic carbocycles. The lowest BCUT2D eigenvalue weighted by Crippen LogP contribution is -2.40. The fraction of sp³-hybridized carbons (Fsp3) is 0.500. The number of hydrogen-bond acceptors (Lipinski definition) is 4. The van der Waals surface area contributed by atoms with Crippen LogP contribution in [0, 0.1) is 5.92 Å². The molecule has 0 bridgehead atoms. The summed E-state index contributed by atoms with van der Waals surface area (Å²) in [5, 5.41) is 2.60.